The van der Waals surface area contributed by atoms with E-state index in [1.807, 2.05) is 0 Å². The minimum atomic E-state index is -0.558. The number of nitrogens with zero attached hydrogens (tertiary/aromatic N) is 1. The Labute approximate surface area is 194 Å². The minimum absolute atomic E-state index is 0.134. The molecule has 2 fully saturated rings. The van der Waals surface area contributed by atoms with E-state index in [-0.39, 0.29) is 11.9 Å². The number of ether oxygens (including phenoxy) is 2. The molecule has 0 bridgehead atoms. The minimum Gasteiger partial charge on any atom is -0.486 e. The number of halogens is 1. The second-order valence-electron chi connectivity index (χ2n) is 10.4. The molecule has 1 heterocycles. The lowest BCUT2D eigenvalue weighted by atomic mass is 9.70. The maximum Gasteiger partial charge on any atom is 0.258 e. The maximum atomic E-state index is 14.3. The number of allylic oxidation sites excluding steroid dienone is 1. The normalized spacial score (nSPS) is 26.7. The first kappa shape index (κ1) is 23.6. The number of hydrogen-bond donors (Lipinski definition) is 0. The largest absolute Gasteiger partial charge is 0.486 e. The van der Waals surface area contributed by atoms with Gasteiger partial charge in [-0.2, -0.15) is 9.37 Å². The highest BCUT2D eigenvalue weighted by atomic mass is 19.1. The van der Waals surface area contributed by atoms with Crippen LogP contribution in [0.2, 0.25) is 0 Å². The summed E-state index contributed by atoms with van der Waals surface area (Å²) in [6.07, 6.45) is 21.8. The Kier molecular flexibility index (Phi) is 8.87. The summed E-state index contributed by atoms with van der Waals surface area (Å²) in [5, 5.41) is 0. The molecule has 0 aromatic carbocycles. The van der Waals surface area contributed by atoms with E-state index in [0.29, 0.717) is 12.5 Å². The first-order chi connectivity index (χ1) is 15.7. The van der Waals surface area contributed by atoms with Crippen LogP contribution in [0.3, 0.4) is 0 Å². The van der Waals surface area contributed by atoms with Crippen molar-refractivity contribution in [2.45, 2.75) is 109 Å². The Morgan fingerprint density at radius 1 is 0.969 bits per heavy atom. The van der Waals surface area contributed by atoms with E-state index in [1.54, 1.807) is 12.1 Å². The highest BCUT2D eigenvalue weighted by molar-refractivity contribution is 5.25. The number of pyridine rings is 1. The topological polar surface area (TPSA) is 31.4 Å². The molecule has 1 unspecified atom stereocenters. The molecule has 3 aliphatic carbocycles. The average Bonchev–Trinajstić information content (AvgIpc) is 3.34. The summed E-state index contributed by atoms with van der Waals surface area (Å²) < 4.78 is 25.9. The number of rotatable bonds is 10. The first-order valence-corrected chi connectivity index (χ1v) is 13.3. The molecule has 32 heavy (non-hydrogen) atoms. The van der Waals surface area contributed by atoms with Crippen LogP contribution >= 0.6 is 0 Å². The summed E-state index contributed by atoms with van der Waals surface area (Å²) in [5.74, 6) is 2.80. The van der Waals surface area contributed by atoms with Crippen molar-refractivity contribution in [1.82, 2.24) is 4.98 Å². The summed E-state index contributed by atoms with van der Waals surface area (Å²) in [5.41, 5.74) is 1.34. The Morgan fingerprint density at radius 2 is 1.78 bits per heavy atom. The van der Waals surface area contributed by atoms with Crippen molar-refractivity contribution in [2.24, 2.45) is 17.8 Å². The highest BCUT2D eigenvalue weighted by Gasteiger charge is 2.28. The molecular formula is C28H42FNO2. The molecule has 0 aliphatic heterocycles. The van der Waals surface area contributed by atoms with E-state index in [4.69, 9.17) is 9.47 Å². The van der Waals surface area contributed by atoms with Crippen LogP contribution in [0, 0.1) is 23.7 Å². The standard InChI is InChI=1S/C28H42FNO2/c1-2-3-4-7-21-10-14-23(15-11-21)24-16-12-22(13-17-24)20-31-27-19-18-26(28(29)30-27)32-25-8-5-6-9-25/h12,18-19,21,23-25H,2-11,13-17,20H2,1H3. The first-order valence-electron chi connectivity index (χ1n) is 13.3. The smallest absolute Gasteiger partial charge is 0.258 e. The van der Waals surface area contributed by atoms with E-state index in [2.05, 4.69) is 18.0 Å². The number of aromatic nitrogens is 1. The van der Waals surface area contributed by atoms with Crippen LogP contribution in [0.4, 0.5) is 4.39 Å². The zero-order chi connectivity index (χ0) is 22.2. The van der Waals surface area contributed by atoms with E-state index >= 15 is 0 Å². The molecule has 178 valence electrons. The van der Waals surface area contributed by atoms with E-state index < -0.39 is 5.95 Å². The van der Waals surface area contributed by atoms with Gasteiger partial charge in [-0.1, -0.05) is 51.5 Å². The molecule has 4 heteroatoms. The second-order valence-corrected chi connectivity index (χ2v) is 10.4. The fraction of sp³-hybridized carbons (Fsp3) is 0.750. The molecule has 4 rings (SSSR count). The van der Waals surface area contributed by atoms with Crippen LogP contribution in [0.25, 0.3) is 0 Å². The third kappa shape index (κ3) is 6.71. The van der Waals surface area contributed by atoms with Gasteiger partial charge in [-0.05, 0) is 87.2 Å². The molecule has 1 aromatic heterocycles. The molecule has 1 aromatic rings. The molecule has 3 aliphatic rings. The summed E-state index contributed by atoms with van der Waals surface area (Å²) in [4.78, 5) is 3.98. The van der Waals surface area contributed by atoms with Crippen molar-refractivity contribution < 1.29 is 13.9 Å². The van der Waals surface area contributed by atoms with Crippen LogP contribution < -0.4 is 9.47 Å². The van der Waals surface area contributed by atoms with Gasteiger partial charge in [0.15, 0.2) is 5.75 Å². The van der Waals surface area contributed by atoms with Gasteiger partial charge in [0.25, 0.3) is 5.95 Å². The van der Waals surface area contributed by atoms with Crippen molar-refractivity contribution in [3.8, 4) is 11.6 Å². The fourth-order valence-electron chi connectivity index (χ4n) is 6.02. The van der Waals surface area contributed by atoms with Gasteiger partial charge in [-0.25, -0.2) is 0 Å². The van der Waals surface area contributed by atoms with Gasteiger partial charge in [0, 0.05) is 6.07 Å². The van der Waals surface area contributed by atoms with Crippen molar-refractivity contribution in [1.29, 1.82) is 0 Å². The molecule has 1 atom stereocenters. The van der Waals surface area contributed by atoms with Gasteiger partial charge in [0.05, 0.1) is 6.10 Å². The SMILES string of the molecule is CCCCCC1CCC(C2CC=C(COc3ccc(OC4CCCC4)c(F)n3)CC2)CC1. The summed E-state index contributed by atoms with van der Waals surface area (Å²) >= 11 is 0. The van der Waals surface area contributed by atoms with Gasteiger partial charge in [-0.15, -0.1) is 0 Å². The van der Waals surface area contributed by atoms with Gasteiger partial charge in [-0.3, -0.25) is 0 Å². The Balaban J connectivity index is 1.18. The van der Waals surface area contributed by atoms with Crippen molar-refractivity contribution in [2.75, 3.05) is 6.61 Å². The third-order valence-electron chi connectivity index (χ3n) is 8.11. The van der Waals surface area contributed by atoms with E-state index in [0.717, 1.165) is 49.9 Å². The van der Waals surface area contributed by atoms with Crippen LogP contribution in [-0.2, 0) is 0 Å². The van der Waals surface area contributed by atoms with Crippen molar-refractivity contribution in [3.05, 3.63) is 29.7 Å². The summed E-state index contributed by atoms with van der Waals surface area (Å²) in [7, 11) is 0. The van der Waals surface area contributed by atoms with Crippen molar-refractivity contribution >= 4 is 0 Å². The predicted molar refractivity (Wildman–Crippen MR) is 128 cm³/mol. The number of unbranched alkanes of at least 4 members (excludes halogenated alkanes) is 2. The van der Waals surface area contributed by atoms with Gasteiger partial charge < -0.3 is 9.47 Å². The average molecular weight is 444 g/mol. The summed E-state index contributed by atoms with van der Waals surface area (Å²) in [6.45, 7) is 2.82. The highest BCUT2D eigenvalue weighted by Crippen LogP contribution is 2.40. The summed E-state index contributed by atoms with van der Waals surface area (Å²) in [6, 6.07) is 3.40. The molecule has 3 nitrogen and oxygen atoms in total. The quantitative estimate of drug-likeness (QED) is 0.208. The lowest BCUT2D eigenvalue weighted by molar-refractivity contribution is 0.183. The molecule has 0 radical (unpaired) electrons. The van der Waals surface area contributed by atoms with Crippen LogP contribution in [0.1, 0.15) is 103 Å². The second kappa shape index (κ2) is 12.0. The fourth-order valence-corrected chi connectivity index (χ4v) is 6.02. The van der Waals surface area contributed by atoms with Gasteiger partial charge in [0.2, 0.25) is 5.88 Å². The molecule has 0 N–H and O–H groups in total. The molecule has 0 amide bonds. The molecule has 0 spiro atoms. The van der Waals surface area contributed by atoms with E-state index in [1.165, 1.54) is 69.8 Å². The zero-order valence-corrected chi connectivity index (χ0v) is 20.0. The number of hydrogen-bond acceptors (Lipinski definition) is 3. The zero-order valence-electron chi connectivity index (χ0n) is 20.0. The third-order valence-corrected chi connectivity index (χ3v) is 8.11. The Bertz CT molecular complexity index is 735. The van der Waals surface area contributed by atoms with Crippen LogP contribution in [0.5, 0.6) is 11.6 Å². The lowest BCUT2D eigenvalue weighted by Gasteiger charge is -2.35. The monoisotopic (exact) mass is 443 g/mol. The lowest BCUT2D eigenvalue weighted by Crippen LogP contribution is -2.24. The molecule has 0 saturated heterocycles. The Morgan fingerprint density at radius 3 is 2.47 bits per heavy atom. The molecular weight excluding hydrogens is 401 g/mol. The Hall–Kier alpha value is -1.58. The maximum absolute atomic E-state index is 14.3. The van der Waals surface area contributed by atoms with Gasteiger partial charge >= 0.3 is 0 Å². The van der Waals surface area contributed by atoms with Gasteiger partial charge in [0.1, 0.15) is 6.61 Å². The predicted octanol–water partition coefficient (Wildman–Crippen LogP) is 8.03. The van der Waals surface area contributed by atoms with E-state index in [9.17, 15) is 4.39 Å². The van der Waals surface area contributed by atoms with Crippen LogP contribution in [0.15, 0.2) is 23.8 Å². The van der Waals surface area contributed by atoms with Crippen molar-refractivity contribution in [3.63, 3.8) is 0 Å². The molecule has 2 saturated carbocycles. The van der Waals surface area contributed by atoms with Crippen LogP contribution in [-0.4, -0.2) is 17.7 Å².